The molecule has 3 aromatic rings. The zero-order valence-electron chi connectivity index (χ0n) is 43.2. The van der Waals surface area contributed by atoms with Gasteiger partial charge in [0.15, 0.2) is 17.3 Å². The summed E-state index contributed by atoms with van der Waals surface area (Å²) in [4.78, 5) is 59.9. The van der Waals surface area contributed by atoms with E-state index in [1.54, 1.807) is 38.5 Å². The van der Waals surface area contributed by atoms with E-state index in [0.717, 1.165) is 42.6 Å². The molecule has 11 aliphatic rings. The van der Waals surface area contributed by atoms with Crippen LogP contribution in [0.2, 0.25) is 0 Å². The van der Waals surface area contributed by atoms with Crippen LogP contribution in [0.15, 0.2) is 113 Å². The molecule has 6 fully saturated rings. The number of allylic oxidation sites excluding steroid dienone is 3. The van der Waals surface area contributed by atoms with Crippen molar-refractivity contribution in [3.63, 3.8) is 0 Å². The standard InChI is InChI=1S/2C21H20O4.C16H16O2.CH4.B8/c2*1-11-7-19(25-21(11)23)24-10-17-15-8-13-3-2-4-14(12-5-6-12)20(13)16(15)9-18(17)22;17-8-14-12-6-10-2-1-3-11(9-4-5-9)16(10)13(12)7-15(14)18;;1-6(2)8(5)7(3)4/h2*2-4,7,10,12,15-16,19H,5-6,8-9H2,1H3;1-3,8-9,12-13,17H,4-7H2;1H4;/b2*17-10+;14-8+;;/t15-,16-,19+;15-,16-,19-;;;/m00.../s1. The minimum Gasteiger partial charge on any atom is -0.515 e. The van der Waals surface area contributed by atoms with E-state index in [0.29, 0.717) is 53.7 Å². The summed E-state index contributed by atoms with van der Waals surface area (Å²) in [7, 11) is 25.8. The molecule has 3 aromatic carbocycles. The Morgan fingerprint density at radius 2 is 0.818 bits per heavy atom. The molecule has 2 aliphatic heterocycles. The number of aliphatic hydroxyl groups is 1. The molecule has 9 aliphatic carbocycles. The van der Waals surface area contributed by atoms with Gasteiger partial charge in [-0.25, -0.2) is 9.59 Å². The van der Waals surface area contributed by atoms with Crippen LogP contribution in [-0.2, 0) is 62.2 Å². The van der Waals surface area contributed by atoms with Gasteiger partial charge in [0.1, 0.15) is 0 Å². The summed E-state index contributed by atoms with van der Waals surface area (Å²) in [6.45, 7) is 3.39. The van der Waals surface area contributed by atoms with Crippen molar-refractivity contribution in [1.29, 1.82) is 0 Å². The second-order valence-corrected chi connectivity index (χ2v) is 22.7. The van der Waals surface area contributed by atoms with Crippen molar-refractivity contribution in [2.45, 2.75) is 146 Å². The maximum absolute atomic E-state index is 12.6. The van der Waals surface area contributed by atoms with Gasteiger partial charge in [-0.05, 0) is 157 Å². The van der Waals surface area contributed by atoms with E-state index in [9.17, 15) is 29.1 Å². The summed E-state index contributed by atoms with van der Waals surface area (Å²) in [6.07, 6.45) is 16.4. The molecule has 0 saturated heterocycles. The van der Waals surface area contributed by atoms with Gasteiger partial charge in [0.05, 0.1) is 18.8 Å². The zero-order chi connectivity index (χ0) is 53.3. The lowest BCUT2D eigenvalue weighted by molar-refractivity contribution is -0.153. The molecular formula is C59H60B8O10. The normalized spacial score (nSPS) is 28.9. The third-order valence-corrected chi connectivity index (χ3v) is 17.6. The molecule has 0 aromatic heterocycles. The lowest BCUT2D eigenvalue weighted by Crippen LogP contribution is -2.52. The van der Waals surface area contributed by atoms with Gasteiger partial charge in [-0.3, -0.25) is 14.4 Å². The van der Waals surface area contributed by atoms with E-state index >= 15 is 0 Å². The maximum atomic E-state index is 12.6. The summed E-state index contributed by atoms with van der Waals surface area (Å²) in [5, 5.41) is 9.27. The number of ketones is 3. The van der Waals surface area contributed by atoms with Gasteiger partial charge in [-0.15, -0.1) is 0 Å². The minimum atomic E-state index is -0.711. The number of hydrogen-bond donors (Lipinski definition) is 1. The maximum Gasteiger partial charge on any atom is 0.336 e. The van der Waals surface area contributed by atoms with E-state index in [2.05, 4.69) is 54.6 Å². The monoisotopic (exact) mass is 1020 g/mol. The Labute approximate surface area is 460 Å². The SMILES string of the molecule is C.CC1=C[C@@H](O/C=C2/C(=O)C[C@@H]3c4c(cccc4C4CC4)C[C@H]23)OC1=O.CC1=C[C@H](O/C=C2/C(=O)C[C@@H]3c4c(cccc4C4CC4)C[C@H]23)OC1=O.O=C1CC2c3c(cccc3C3CC3)CC2/C1=C\O.[B]B([B])B([B])B([B])[B]. The fourth-order valence-electron chi connectivity index (χ4n) is 13.2. The summed E-state index contributed by atoms with van der Waals surface area (Å²) in [6, 6.07) is 19.8. The van der Waals surface area contributed by atoms with Crippen molar-refractivity contribution in [3.05, 3.63) is 163 Å². The Kier molecular flexibility index (Phi) is 15.7. The van der Waals surface area contributed by atoms with Crippen LogP contribution < -0.4 is 0 Å². The first-order valence-corrected chi connectivity index (χ1v) is 27.1. The number of ether oxygens (including phenoxy) is 4. The van der Waals surface area contributed by atoms with Crippen LogP contribution in [0.3, 0.4) is 0 Å². The summed E-state index contributed by atoms with van der Waals surface area (Å²) in [5.74, 6) is 3.41. The molecule has 8 atom stereocenters. The van der Waals surface area contributed by atoms with E-state index in [-0.39, 0.29) is 66.3 Å². The molecule has 18 heteroatoms. The Morgan fingerprint density at radius 1 is 0.494 bits per heavy atom. The van der Waals surface area contributed by atoms with E-state index in [1.807, 2.05) is 0 Å². The lowest BCUT2D eigenvalue weighted by Gasteiger charge is -2.14. The van der Waals surface area contributed by atoms with Crippen molar-refractivity contribution in [3.8, 4) is 0 Å². The van der Waals surface area contributed by atoms with Crippen LogP contribution in [0.25, 0.3) is 0 Å². The molecule has 2 heterocycles. The topological polar surface area (TPSA) is 142 Å². The zero-order valence-corrected chi connectivity index (χ0v) is 43.2. The van der Waals surface area contributed by atoms with Gasteiger partial charge < -0.3 is 24.1 Å². The highest BCUT2D eigenvalue weighted by molar-refractivity contribution is 7.89. The van der Waals surface area contributed by atoms with Crippen molar-refractivity contribution in [2.24, 2.45) is 17.8 Å². The predicted octanol–water partition coefficient (Wildman–Crippen LogP) is 7.87. The molecule has 1 N–H and O–H groups in total. The van der Waals surface area contributed by atoms with E-state index in [4.69, 9.17) is 57.6 Å². The van der Waals surface area contributed by atoms with Crippen molar-refractivity contribution in [1.82, 2.24) is 0 Å². The third-order valence-electron chi connectivity index (χ3n) is 17.6. The van der Waals surface area contributed by atoms with E-state index < -0.39 is 31.7 Å². The number of cyclic esters (lactones) is 2. The quantitative estimate of drug-likeness (QED) is 0.0975. The highest BCUT2D eigenvalue weighted by atomic mass is 16.7. The molecule has 380 valence electrons. The largest absolute Gasteiger partial charge is 0.515 e. The smallest absolute Gasteiger partial charge is 0.336 e. The summed E-state index contributed by atoms with van der Waals surface area (Å²) < 4.78 is 21.4. The molecule has 10 radical (unpaired) electrons. The first-order valence-electron chi connectivity index (χ1n) is 27.1. The number of carbonyl (C=O) groups is 5. The third kappa shape index (κ3) is 10.9. The Hall–Kier alpha value is -5.77. The number of esters is 2. The molecule has 10 nitrogen and oxygen atoms in total. The molecule has 0 bridgehead atoms. The average Bonchev–Trinajstić information content (AvgIpc) is 4.49. The number of Topliss-reactive ketones (excluding diaryl/α,β-unsaturated/α-hetero) is 3. The summed E-state index contributed by atoms with van der Waals surface area (Å²) >= 11 is 0. The highest BCUT2D eigenvalue weighted by Gasteiger charge is 2.49. The molecular weight excluding hydrogens is 955 g/mol. The first kappa shape index (κ1) is 54.6. The first-order chi connectivity index (χ1) is 36.6. The number of benzene rings is 3. The molecule has 0 amide bonds. The Morgan fingerprint density at radius 3 is 1.09 bits per heavy atom. The second-order valence-electron chi connectivity index (χ2n) is 22.7. The number of hydrogen-bond acceptors (Lipinski definition) is 10. The van der Waals surface area contributed by atoms with E-state index in [1.165, 1.54) is 88.6 Å². The minimum absolute atomic E-state index is 0. The number of aliphatic hydroxyl groups excluding tert-OH is 1. The molecule has 77 heavy (non-hydrogen) atoms. The van der Waals surface area contributed by atoms with Crippen LogP contribution in [0.4, 0.5) is 0 Å². The number of carbonyl (C=O) groups excluding carboxylic acids is 5. The second kappa shape index (κ2) is 22.2. The van der Waals surface area contributed by atoms with Crippen LogP contribution >= 0.6 is 0 Å². The van der Waals surface area contributed by atoms with Crippen LogP contribution in [0, 0.1) is 17.8 Å². The Balaban J connectivity index is 0.000000123. The van der Waals surface area contributed by atoms with Crippen LogP contribution in [0.5, 0.6) is 0 Å². The number of rotatable bonds is 9. The fourth-order valence-corrected chi connectivity index (χ4v) is 13.2. The summed E-state index contributed by atoms with van der Waals surface area (Å²) in [5.41, 5.74) is 16.1. The van der Waals surface area contributed by atoms with Crippen LogP contribution in [-0.4, -0.2) is 105 Å². The molecule has 6 saturated carbocycles. The van der Waals surface area contributed by atoms with Gasteiger partial charge in [-0.2, -0.15) is 0 Å². The highest BCUT2D eigenvalue weighted by Crippen LogP contribution is 2.57. The number of fused-ring (bicyclic) bond motifs is 9. The van der Waals surface area contributed by atoms with Gasteiger partial charge in [0.2, 0.25) is 0 Å². The van der Waals surface area contributed by atoms with Crippen LogP contribution in [0.1, 0.15) is 165 Å². The average molecular weight is 1020 g/mol. The van der Waals surface area contributed by atoms with Crippen molar-refractivity contribution < 1.29 is 48.0 Å². The molecule has 14 rings (SSSR count). The predicted molar refractivity (Wildman–Crippen MR) is 303 cm³/mol. The van der Waals surface area contributed by atoms with Gasteiger partial charge >= 0.3 is 11.9 Å². The van der Waals surface area contributed by atoms with Gasteiger partial charge in [0.25, 0.3) is 12.6 Å². The Bertz CT molecular complexity index is 2910. The lowest BCUT2D eigenvalue weighted by atomic mass is 8.68. The van der Waals surface area contributed by atoms with Crippen molar-refractivity contribution >= 4 is 87.1 Å². The van der Waals surface area contributed by atoms with Crippen molar-refractivity contribution in [2.75, 3.05) is 0 Å². The van der Waals surface area contributed by atoms with Gasteiger partial charge in [-0.1, -0.05) is 62.0 Å². The molecule has 2 unspecified atom stereocenters. The van der Waals surface area contributed by atoms with Gasteiger partial charge in [0, 0.05) is 135 Å². The fraction of sp³-hybridized carbons (Fsp3) is 0.441. The molecule has 0 spiro atoms.